The molecule has 1 heterocycles. The minimum atomic E-state index is 0.161. The molecule has 0 bridgehead atoms. The van der Waals surface area contributed by atoms with Crippen LogP contribution in [0.5, 0.6) is 0 Å². The van der Waals surface area contributed by atoms with Crippen molar-refractivity contribution in [1.82, 2.24) is 21.3 Å². The minimum Gasteiger partial charge on any atom is -0.395 e. The second-order valence-corrected chi connectivity index (χ2v) is 7.26. The van der Waals surface area contributed by atoms with Crippen LogP contribution in [0, 0.1) is 5.92 Å². The second kappa shape index (κ2) is 14.6. The molecule has 0 aromatic carbocycles. The summed E-state index contributed by atoms with van der Waals surface area (Å²) in [5.41, 5.74) is 3.58. The third-order valence-electron chi connectivity index (χ3n) is 4.80. The Morgan fingerprint density at radius 1 is 1.33 bits per heavy atom. The Labute approximate surface area is 166 Å². The van der Waals surface area contributed by atoms with Gasteiger partial charge in [-0.1, -0.05) is 44.7 Å². The van der Waals surface area contributed by atoms with E-state index in [0.29, 0.717) is 5.92 Å². The zero-order chi connectivity index (χ0) is 19.9. The quantitative estimate of drug-likeness (QED) is 0.237. The van der Waals surface area contributed by atoms with Gasteiger partial charge >= 0.3 is 0 Å². The molecule has 0 saturated carbocycles. The normalized spacial score (nSPS) is 19.0. The van der Waals surface area contributed by atoms with Gasteiger partial charge in [0.05, 0.1) is 6.61 Å². The summed E-state index contributed by atoms with van der Waals surface area (Å²) in [7, 11) is 0. The monoisotopic (exact) mass is 376 g/mol. The van der Waals surface area contributed by atoms with E-state index in [1.165, 1.54) is 17.7 Å². The Morgan fingerprint density at radius 2 is 2.11 bits per heavy atom. The molecule has 0 fully saturated rings. The van der Waals surface area contributed by atoms with Crippen LogP contribution in [0.3, 0.4) is 0 Å². The van der Waals surface area contributed by atoms with Crippen LogP contribution in [0.2, 0.25) is 0 Å². The van der Waals surface area contributed by atoms with Crippen molar-refractivity contribution in [2.75, 3.05) is 45.9 Å². The first-order chi connectivity index (χ1) is 13.1. The van der Waals surface area contributed by atoms with Gasteiger partial charge in [-0.2, -0.15) is 0 Å². The van der Waals surface area contributed by atoms with Crippen LogP contribution in [0.15, 0.2) is 47.7 Å². The Kier molecular flexibility index (Phi) is 12.8. The maximum absolute atomic E-state index is 9.24. The Bertz CT molecular complexity index is 506. The molecule has 5 nitrogen and oxygen atoms in total. The molecule has 1 aliphatic heterocycles. The van der Waals surface area contributed by atoms with Crippen molar-refractivity contribution in [2.45, 2.75) is 39.7 Å². The largest absolute Gasteiger partial charge is 0.395 e. The standard InChI is InChI=1S/C22H40N4O/c1-5-20(15-26-21(6-2)17-27)8-7-19(4)14-23-11-12-24-16-22-13-18(3)9-10-25-22/h5,7-8,13,18,21,23-27H,4,6,9-12,14-17H2,1-3H3/b8-7-,20-5+/t18?,21-/m0/s1. The fraction of sp³-hybridized carbons (Fsp3) is 0.636. The summed E-state index contributed by atoms with van der Waals surface area (Å²) >= 11 is 0. The second-order valence-electron chi connectivity index (χ2n) is 7.26. The van der Waals surface area contributed by atoms with Crippen LogP contribution < -0.4 is 21.3 Å². The zero-order valence-electron chi connectivity index (χ0n) is 17.5. The number of rotatable bonds is 14. The van der Waals surface area contributed by atoms with Gasteiger partial charge in [-0.25, -0.2) is 0 Å². The molecule has 1 rings (SSSR count). The molecule has 2 atom stereocenters. The maximum Gasteiger partial charge on any atom is 0.0584 e. The van der Waals surface area contributed by atoms with Gasteiger partial charge in [-0.3, -0.25) is 0 Å². The molecule has 0 saturated heterocycles. The summed E-state index contributed by atoms with van der Waals surface area (Å²) in [6.45, 7) is 16.1. The summed E-state index contributed by atoms with van der Waals surface area (Å²) in [5, 5.41) is 22.9. The molecule has 5 N–H and O–H groups in total. The van der Waals surface area contributed by atoms with E-state index in [9.17, 15) is 5.11 Å². The topological polar surface area (TPSA) is 68.3 Å². The van der Waals surface area contributed by atoms with E-state index < -0.39 is 0 Å². The SMILES string of the molecule is C=C(/C=C\C(=C/C)CN[C@@H](CC)CO)CNCCNCC1=CC(C)CCN1. The highest BCUT2D eigenvalue weighted by atomic mass is 16.3. The van der Waals surface area contributed by atoms with Crippen molar-refractivity contribution < 1.29 is 5.11 Å². The lowest BCUT2D eigenvalue weighted by molar-refractivity contribution is 0.242. The van der Waals surface area contributed by atoms with Gasteiger partial charge in [-0.05, 0) is 36.8 Å². The van der Waals surface area contributed by atoms with E-state index >= 15 is 0 Å². The summed E-state index contributed by atoms with van der Waals surface area (Å²) in [5.74, 6) is 0.685. The van der Waals surface area contributed by atoms with Crippen molar-refractivity contribution in [2.24, 2.45) is 5.92 Å². The summed E-state index contributed by atoms with van der Waals surface area (Å²) < 4.78 is 0. The van der Waals surface area contributed by atoms with Gasteiger partial charge in [0, 0.05) is 51.0 Å². The Morgan fingerprint density at radius 3 is 2.78 bits per heavy atom. The number of nitrogens with one attached hydrogen (secondary N) is 4. The van der Waals surface area contributed by atoms with Gasteiger partial charge in [0.1, 0.15) is 0 Å². The van der Waals surface area contributed by atoms with Gasteiger partial charge in [-0.15, -0.1) is 0 Å². The first kappa shape index (κ1) is 23.6. The molecule has 27 heavy (non-hydrogen) atoms. The molecule has 0 aliphatic carbocycles. The third-order valence-corrected chi connectivity index (χ3v) is 4.80. The maximum atomic E-state index is 9.24. The molecule has 0 amide bonds. The van der Waals surface area contributed by atoms with Crippen LogP contribution >= 0.6 is 0 Å². The van der Waals surface area contributed by atoms with Gasteiger partial charge in [0.15, 0.2) is 0 Å². The lowest BCUT2D eigenvalue weighted by atomic mass is 10.0. The molecule has 0 spiro atoms. The molecule has 1 unspecified atom stereocenters. The van der Waals surface area contributed by atoms with E-state index in [1.807, 2.05) is 6.92 Å². The minimum absolute atomic E-state index is 0.161. The molecular formula is C22H40N4O. The average Bonchev–Trinajstić information content (AvgIpc) is 2.67. The number of hydrogen-bond acceptors (Lipinski definition) is 5. The van der Waals surface area contributed by atoms with E-state index in [1.54, 1.807) is 0 Å². The lowest BCUT2D eigenvalue weighted by Crippen LogP contribution is -2.34. The van der Waals surface area contributed by atoms with Crippen molar-refractivity contribution in [1.29, 1.82) is 0 Å². The third kappa shape index (κ3) is 11.1. The fourth-order valence-corrected chi connectivity index (χ4v) is 2.86. The van der Waals surface area contributed by atoms with Crippen molar-refractivity contribution >= 4 is 0 Å². The molecule has 0 radical (unpaired) electrons. The van der Waals surface area contributed by atoms with E-state index in [0.717, 1.165) is 51.3 Å². The zero-order valence-corrected chi connectivity index (χ0v) is 17.5. The predicted molar refractivity (Wildman–Crippen MR) is 117 cm³/mol. The van der Waals surface area contributed by atoms with Crippen LogP contribution in [0.4, 0.5) is 0 Å². The predicted octanol–water partition coefficient (Wildman–Crippen LogP) is 2.10. The molecule has 154 valence electrons. The lowest BCUT2D eigenvalue weighted by Gasteiger charge is -2.20. The van der Waals surface area contributed by atoms with Crippen molar-refractivity contribution in [3.8, 4) is 0 Å². The summed E-state index contributed by atoms with van der Waals surface area (Å²) in [6.07, 6.45) is 10.7. The van der Waals surface area contributed by atoms with Crippen molar-refractivity contribution in [3.63, 3.8) is 0 Å². The van der Waals surface area contributed by atoms with Gasteiger partial charge in [0.25, 0.3) is 0 Å². The number of hydrogen-bond donors (Lipinski definition) is 5. The molecule has 5 heteroatoms. The fourth-order valence-electron chi connectivity index (χ4n) is 2.86. The number of allylic oxidation sites excluding steroid dienone is 2. The Hall–Kier alpha value is -1.40. The van der Waals surface area contributed by atoms with Crippen LogP contribution in [-0.4, -0.2) is 57.0 Å². The molecule has 1 aliphatic rings. The van der Waals surface area contributed by atoms with Crippen LogP contribution in [-0.2, 0) is 0 Å². The van der Waals surface area contributed by atoms with Gasteiger partial charge < -0.3 is 26.4 Å². The smallest absolute Gasteiger partial charge is 0.0584 e. The van der Waals surface area contributed by atoms with Crippen molar-refractivity contribution in [3.05, 3.63) is 47.7 Å². The highest BCUT2D eigenvalue weighted by molar-refractivity contribution is 5.27. The molecular weight excluding hydrogens is 336 g/mol. The highest BCUT2D eigenvalue weighted by Crippen LogP contribution is 2.10. The van der Waals surface area contributed by atoms with E-state index in [-0.39, 0.29) is 12.6 Å². The van der Waals surface area contributed by atoms with E-state index in [4.69, 9.17) is 0 Å². The summed E-state index contributed by atoms with van der Waals surface area (Å²) in [6, 6.07) is 0.161. The summed E-state index contributed by atoms with van der Waals surface area (Å²) in [4.78, 5) is 0. The van der Waals surface area contributed by atoms with Crippen LogP contribution in [0.1, 0.15) is 33.6 Å². The number of aliphatic hydroxyl groups is 1. The Balaban J connectivity index is 2.14. The average molecular weight is 377 g/mol. The molecule has 0 aromatic rings. The molecule has 0 aromatic heterocycles. The van der Waals surface area contributed by atoms with E-state index in [2.05, 4.69) is 66.0 Å². The first-order valence-electron chi connectivity index (χ1n) is 10.3. The highest BCUT2D eigenvalue weighted by Gasteiger charge is 2.07. The van der Waals surface area contributed by atoms with Crippen LogP contribution in [0.25, 0.3) is 0 Å². The first-order valence-corrected chi connectivity index (χ1v) is 10.3. The van der Waals surface area contributed by atoms with Gasteiger partial charge in [0.2, 0.25) is 0 Å². The number of aliphatic hydroxyl groups excluding tert-OH is 1.